The Morgan fingerprint density at radius 3 is 2.65 bits per heavy atom. The molecular formula is C15H29NO. The Labute approximate surface area is 107 Å². The molecule has 1 saturated carbocycles. The fourth-order valence-electron chi connectivity index (χ4n) is 3.33. The lowest BCUT2D eigenvalue weighted by Gasteiger charge is -2.28. The van der Waals surface area contributed by atoms with E-state index in [0.717, 1.165) is 18.6 Å². The maximum atomic E-state index is 5.65. The third-order valence-electron chi connectivity index (χ3n) is 4.55. The number of hydrogen-bond donors (Lipinski definition) is 1. The Hall–Kier alpha value is -0.0800. The van der Waals surface area contributed by atoms with E-state index >= 15 is 0 Å². The lowest BCUT2D eigenvalue weighted by atomic mass is 9.84. The third kappa shape index (κ3) is 4.59. The Morgan fingerprint density at radius 1 is 1.12 bits per heavy atom. The molecule has 2 nitrogen and oxygen atoms in total. The van der Waals surface area contributed by atoms with Gasteiger partial charge in [0.15, 0.2) is 0 Å². The first-order valence-electron chi connectivity index (χ1n) is 7.71. The number of rotatable bonds is 6. The Bertz CT molecular complexity index is 195. The highest BCUT2D eigenvalue weighted by Gasteiger charge is 2.19. The summed E-state index contributed by atoms with van der Waals surface area (Å²) in [6.07, 6.45) is 12.9. The molecule has 1 aliphatic heterocycles. The van der Waals surface area contributed by atoms with Gasteiger partial charge in [0.05, 0.1) is 6.10 Å². The molecule has 0 spiro atoms. The zero-order chi connectivity index (χ0) is 11.9. The molecule has 0 amide bonds. The van der Waals surface area contributed by atoms with Crippen molar-refractivity contribution >= 4 is 0 Å². The van der Waals surface area contributed by atoms with E-state index in [-0.39, 0.29) is 0 Å². The molecule has 1 N–H and O–H groups in total. The van der Waals surface area contributed by atoms with Crippen LogP contribution >= 0.6 is 0 Å². The quantitative estimate of drug-likeness (QED) is 0.716. The molecule has 1 saturated heterocycles. The Morgan fingerprint density at radius 2 is 1.94 bits per heavy atom. The zero-order valence-corrected chi connectivity index (χ0v) is 11.4. The van der Waals surface area contributed by atoms with Gasteiger partial charge in [-0.25, -0.2) is 0 Å². The Balaban J connectivity index is 1.51. The maximum absolute atomic E-state index is 5.65. The van der Waals surface area contributed by atoms with E-state index in [0.29, 0.717) is 6.10 Å². The largest absolute Gasteiger partial charge is 0.378 e. The lowest BCUT2D eigenvalue weighted by molar-refractivity contribution is 0.102. The molecule has 2 rings (SSSR count). The second-order valence-corrected chi connectivity index (χ2v) is 5.92. The van der Waals surface area contributed by atoms with Crippen molar-refractivity contribution in [3.8, 4) is 0 Å². The molecule has 100 valence electrons. The van der Waals surface area contributed by atoms with Gasteiger partial charge in [-0.15, -0.1) is 0 Å². The highest BCUT2D eigenvalue weighted by atomic mass is 16.5. The van der Waals surface area contributed by atoms with E-state index in [1.807, 2.05) is 0 Å². The molecule has 2 heteroatoms. The molecule has 0 bridgehead atoms. The Kier molecular flexibility index (Phi) is 5.79. The van der Waals surface area contributed by atoms with E-state index in [1.54, 1.807) is 0 Å². The summed E-state index contributed by atoms with van der Waals surface area (Å²) in [6, 6.07) is 0.722. The molecule has 0 aromatic carbocycles. The first kappa shape index (κ1) is 13.4. The summed E-state index contributed by atoms with van der Waals surface area (Å²) in [6.45, 7) is 4.55. The summed E-state index contributed by atoms with van der Waals surface area (Å²) in [4.78, 5) is 0. The SMILES string of the molecule is C[C@H](NCCCC1CCCO1)C1CCCCC1. The predicted molar refractivity (Wildman–Crippen MR) is 72.2 cm³/mol. The smallest absolute Gasteiger partial charge is 0.0576 e. The lowest BCUT2D eigenvalue weighted by Crippen LogP contribution is -2.35. The molecule has 2 aliphatic rings. The molecular weight excluding hydrogens is 210 g/mol. The third-order valence-corrected chi connectivity index (χ3v) is 4.55. The topological polar surface area (TPSA) is 21.3 Å². The first-order chi connectivity index (χ1) is 8.36. The van der Waals surface area contributed by atoms with Gasteiger partial charge in [0.25, 0.3) is 0 Å². The first-order valence-corrected chi connectivity index (χ1v) is 7.71. The molecule has 1 heterocycles. The minimum atomic E-state index is 0.571. The second-order valence-electron chi connectivity index (χ2n) is 5.92. The highest BCUT2D eigenvalue weighted by Crippen LogP contribution is 2.26. The normalized spacial score (nSPS) is 28.4. The summed E-state index contributed by atoms with van der Waals surface area (Å²) in [5.41, 5.74) is 0. The summed E-state index contributed by atoms with van der Waals surface area (Å²) in [5.74, 6) is 0.937. The van der Waals surface area contributed by atoms with Crippen LogP contribution in [0.15, 0.2) is 0 Å². The number of ether oxygens (including phenoxy) is 1. The van der Waals surface area contributed by atoms with Crippen LogP contribution in [0.1, 0.15) is 64.7 Å². The molecule has 0 aromatic rings. The van der Waals surface area contributed by atoms with Gasteiger partial charge in [-0.3, -0.25) is 0 Å². The highest BCUT2D eigenvalue weighted by molar-refractivity contribution is 4.76. The van der Waals surface area contributed by atoms with E-state index in [9.17, 15) is 0 Å². The minimum Gasteiger partial charge on any atom is -0.378 e. The summed E-state index contributed by atoms with van der Waals surface area (Å²) in [7, 11) is 0. The van der Waals surface area contributed by atoms with Crippen LogP contribution in [-0.2, 0) is 4.74 Å². The van der Waals surface area contributed by atoms with Gasteiger partial charge < -0.3 is 10.1 Å². The van der Waals surface area contributed by atoms with Gasteiger partial charge in [-0.1, -0.05) is 19.3 Å². The predicted octanol–water partition coefficient (Wildman–Crippen LogP) is 3.50. The number of hydrogen-bond acceptors (Lipinski definition) is 2. The van der Waals surface area contributed by atoms with Gasteiger partial charge in [-0.05, 0) is 57.9 Å². The maximum Gasteiger partial charge on any atom is 0.0576 e. The zero-order valence-electron chi connectivity index (χ0n) is 11.4. The van der Waals surface area contributed by atoms with Gasteiger partial charge in [0.2, 0.25) is 0 Å². The van der Waals surface area contributed by atoms with Gasteiger partial charge >= 0.3 is 0 Å². The fraction of sp³-hybridized carbons (Fsp3) is 1.00. The summed E-state index contributed by atoms with van der Waals surface area (Å²) in [5, 5.41) is 3.72. The van der Waals surface area contributed by atoms with Crippen LogP contribution < -0.4 is 5.32 Å². The van der Waals surface area contributed by atoms with Crippen molar-refractivity contribution in [2.24, 2.45) is 5.92 Å². The van der Waals surface area contributed by atoms with Crippen LogP contribution in [0.5, 0.6) is 0 Å². The monoisotopic (exact) mass is 239 g/mol. The molecule has 0 aromatic heterocycles. The minimum absolute atomic E-state index is 0.571. The van der Waals surface area contributed by atoms with Crippen LogP contribution in [0.3, 0.4) is 0 Å². The van der Waals surface area contributed by atoms with E-state index in [2.05, 4.69) is 12.2 Å². The van der Waals surface area contributed by atoms with Crippen LogP contribution in [0.2, 0.25) is 0 Å². The van der Waals surface area contributed by atoms with Crippen LogP contribution in [0.25, 0.3) is 0 Å². The average molecular weight is 239 g/mol. The van der Waals surface area contributed by atoms with Crippen LogP contribution in [0.4, 0.5) is 0 Å². The van der Waals surface area contributed by atoms with E-state index < -0.39 is 0 Å². The van der Waals surface area contributed by atoms with Crippen LogP contribution in [-0.4, -0.2) is 25.3 Å². The van der Waals surface area contributed by atoms with E-state index in [1.165, 1.54) is 64.3 Å². The molecule has 1 aliphatic carbocycles. The van der Waals surface area contributed by atoms with Crippen molar-refractivity contribution in [3.05, 3.63) is 0 Å². The van der Waals surface area contributed by atoms with Crippen molar-refractivity contribution in [2.75, 3.05) is 13.2 Å². The van der Waals surface area contributed by atoms with Crippen molar-refractivity contribution in [1.29, 1.82) is 0 Å². The molecule has 0 radical (unpaired) electrons. The second kappa shape index (κ2) is 7.38. The van der Waals surface area contributed by atoms with Crippen molar-refractivity contribution in [3.63, 3.8) is 0 Å². The standard InChI is InChI=1S/C15H29NO/c1-13(14-7-3-2-4-8-14)16-11-5-9-15-10-6-12-17-15/h13-16H,2-12H2,1H3/t13-,15?/m0/s1. The molecule has 2 atom stereocenters. The molecule has 1 unspecified atom stereocenters. The molecule has 2 fully saturated rings. The summed E-state index contributed by atoms with van der Waals surface area (Å²) < 4.78 is 5.65. The van der Waals surface area contributed by atoms with Gasteiger partial charge in [0.1, 0.15) is 0 Å². The van der Waals surface area contributed by atoms with Crippen molar-refractivity contribution < 1.29 is 4.74 Å². The van der Waals surface area contributed by atoms with Gasteiger partial charge in [-0.2, -0.15) is 0 Å². The van der Waals surface area contributed by atoms with Crippen LogP contribution in [0, 0.1) is 5.92 Å². The number of nitrogens with one attached hydrogen (secondary N) is 1. The van der Waals surface area contributed by atoms with Gasteiger partial charge in [0, 0.05) is 12.6 Å². The molecule has 17 heavy (non-hydrogen) atoms. The van der Waals surface area contributed by atoms with Crippen molar-refractivity contribution in [2.45, 2.75) is 76.9 Å². The van der Waals surface area contributed by atoms with Crippen molar-refractivity contribution in [1.82, 2.24) is 5.32 Å². The fourth-order valence-corrected chi connectivity index (χ4v) is 3.33. The van der Waals surface area contributed by atoms with E-state index in [4.69, 9.17) is 4.74 Å². The summed E-state index contributed by atoms with van der Waals surface area (Å²) >= 11 is 0. The average Bonchev–Trinajstić information content (AvgIpc) is 2.88.